The van der Waals surface area contributed by atoms with Crippen molar-refractivity contribution in [2.45, 2.75) is 40.1 Å². The van der Waals surface area contributed by atoms with Crippen LogP contribution >= 0.6 is 56.9 Å². The lowest BCUT2D eigenvalue weighted by Crippen LogP contribution is -2.34. The molecule has 0 atom stereocenters. The molecule has 478 valence electrons. The molecule has 0 saturated heterocycles. The van der Waals surface area contributed by atoms with Crippen LogP contribution in [0, 0.1) is 12.7 Å². The molecule has 10 rings (SSSR count). The van der Waals surface area contributed by atoms with Crippen LogP contribution in [-0.2, 0) is 43.2 Å². The third-order valence-corrected chi connectivity index (χ3v) is 21.1. The Hall–Kier alpha value is -9.69. The van der Waals surface area contributed by atoms with E-state index in [9.17, 15) is 58.4 Å². The summed E-state index contributed by atoms with van der Waals surface area (Å²) in [7, 11) is -12.1. The molecule has 0 fully saturated rings. The minimum absolute atomic E-state index is 0. The second kappa shape index (κ2) is 31.4. The Morgan fingerprint density at radius 1 is 0.543 bits per heavy atom. The Labute approximate surface area is 544 Å². The number of carbonyl (C=O) groups excluding carboxylic acids is 6. The van der Waals surface area contributed by atoms with E-state index in [-0.39, 0.29) is 71.6 Å². The lowest BCUT2D eigenvalue weighted by atomic mass is 10.1. The first-order valence-corrected chi connectivity index (χ1v) is 33.7. The van der Waals surface area contributed by atoms with Crippen molar-refractivity contribution in [3.63, 3.8) is 0 Å². The Balaban J connectivity index is 0.000000195. The van der Waals surface area contributed by atoms with Gasteiger partial charge in [0, 0.05) is 32.8 Å². The minimum Gasteiger partial charge on any atom is -0.392 e. The number of aliphatic hydroxyl groups excluding tert-OH is 1. The summed E-state index contributed by atoms with van der Waals surface area (Å²) in [4.78, 5) is 89.4. The van der Waals surface area contributed by atoms with Crippen LogP contribution in [0.5, 0.6) is 0 Å². The molecule has 9 amide bonds. The van der Waals surface area contributed by atoms with Gasteiger partial charge in [-0.2, -0.15) is 0 Å². The molecule has 4 aromatic carbocycles. The number of aromatic nitrogens is 4. The molecule has 0 aliphatic heterocycles. The number of pyridine rings is 1. The van der Waals surface area contributed by atoms with E-state index in [1.807, 2.05) is 14.2 Å². The van der Waals surface area contributed by atoms with Crippen LogP contribution in [0.1, 0.15) is 54.5 Å². The average molecular weight is 1410 g/mol. The van der Waals surface area contributed by atoms with Gasteiger partial charge in [0.15, 0.2) is 5.13 Å². The molecule has 0 spiro atoms. The Kier molecular flexibility index (Phi) is 23.8. The van der Waals surface area contributed by atoms with Gasteiger partial charge in [-0.25, -0.2) is 78.1 Å². The highest BCUT2D eigenvalue weighted by molar-refractivity contribution is 7.93. The number of nitrogens with one attached hydrogen (secondary N) is 9. The number of fused-ring (bicyclic) bond motifs is 1. The predicted octanol–water partition coefficient (Wildman–Crippen LogP) is 10.0. The number of thiazole rings is 1. The summed E-state index contributed by atoms with van der Waals surface area (Å²) in [5.74, 6) is -1.85. The van der Waals surface area contributed by atoms with Crippen molar-refractivity contribution in [2.24, 2.45) is 5.73 Å². The number of halogens is 2. The number of rotatable bonds is 17. The summed E-state index contributed by atoms with van der Waals surface area (Å²) in [5, 5.41) is 25.0. The Morgan fingerprint density at radius 3 is 1.78 bits per heavy atom. The van der Waals surface area contributed by atoms with E-state index in [1.165, 1.54) is 85.5 Å². The minimum atomic E-state index is -4.06. The highest BCUT2D eigenvalue weighted by Crippen LogP contribution is 2.30. The van der Waals surface area contributed by atoms with Gasteiger partial charge in [0.1, 0.15) is 29.3 Å². The molecule has 0 bridgehead atoms. The van der Waals surface area contributed by atoms with Gasteiger partial charge in [-0.15, -0.1) is 34.0 Å². The first-order chi connectivity index (χ1) is 43.3. The molecule has 92 heavy (non-hydrogen) atoms. The summed E-state index contributed by atoms with van der Waals surface area (Å²) in [6, 6.07) is 32.8. The lowest BCUT2D eigenvalue weighted by Gasteiger charge is -2.08. The van der Waals surface area contributed by atoms with Gasteiger partial charge in [0.05, 0.1) is 47.1 Å². The van der Waals surface area contributed by atoms with Gasteiger partial charge >= 0.3 is 18.1 Å². The maximum absolute atomic E-state index is 13.2. The van der Waals surface area contributed by atoms with Crippen molar-refractivity contribution < 1.29 is 63.5 Å². The fraction of sp³-hybridized carbons (Fsp3) is 0.0714. The maximum Gasteiger partial charge on any atom is 0.334 e. The number of thiophene rings is 3. The second-order valence-corrected chi connectivity index (χ2v) is 28.9. The molecule has 10 aromatic rings. The first-order valence-electron chi connectivity index (χ1n) is 25.6. The van der Waals surface area contributed by atoms with Crippen LogP contribution in [-0.4, -0.2) is 86.1 Å². The first kappa shape index (κ1) is 69.8. The summed E-state index contributed by atoms with van der Waals surface area (Å²) < 4.78 is 93.4. The van der Waals surface area contributed by atoms with E-state index in [0.717, 1.165) is 66.4 Å². The lowest BCUT2D eigenvalue weighted by molar-refractivity contribution is 0.101. The number of hydrogen-bond donors (Lipinski definition) is 11. The number of aryl methyl sites for hydroxylation is 1. The van der Waals surface area contributed by atoms with E-state index in [2.05, 4.69) is 51.8 Å². The van der Waals surface area contributed by atoms with Gasteiger partial charge in [0.2, 0.25) is 5.95 Å². The maximum atomic E-state index is 13.2. The Bertz CT molecular complexity index is 4650. The van der Waals surface area contributed by atoms with Crippen molar-refractivity contribution in [3.8, 4) is 0 Å². The average Bonchev–Trinajstić information content (AvgIpc) is 1.69. The fourth-order valence-corrected chi connectivity index (χ4v) is 14.9. The number of benzene rings is 4. The molecule has 12 N–H and O–H groups in total. The standard InChI is InChI=1S/C21H15FN4O4S2.C18H17N5O5S2.C16H14ClN5O4S3.CH4/c22-15-6-3-5-14(10-15)20(27)24-16-8-9-18(23-12-16)25-21(28)26-32(29,30)19-11-13-4-1-2-7-17(13)31-19;1-11-5-6-15(29-11)30(27,28)23-18(26)21-14-8-19-17(20-9-14)22-16(25)13-4-2-3-12(7-13)10-24;17-11-5-6-13(27-11)29(25,26)22-15(24)21-16-19-8-12(28-16)20-14(23)10-4-2-1-3-9(10)7-18;/h1-12H,(H,24,27)(H2,23,25,26,28);2-9,24H,10H2,1H3,(H2,21,23,26)(H,19,20,22,25);1-6,8H,7,18H2,(H,20,23)(H2,19,21,22,24);1H4. The fourth-order valence-electron chi connectivity index (χ4n) is 7.33. The zero-order chi connectivity index (χ0) is 65.5. The Morgan fingerprint density at radius 2 is 1.15 bits per heavy atom. The number of amides is 9. The van der Waals surface area contributed by atoms with Crippen molar-refractivity contribution >= 4 is 166 Å². The van der Waals surface area contributed by atoms with Crippen LogP contribution in [0.2, 0.25) is 4.34 Å². The number of nitrogens with two attached hydrogens (primary N) is 1. The monoisotopic (exact) mass is 1400 g/mol. The SMILES string of the molecule is C.Cc1ccc(S(=O)(=O)NC(=O)Nc2cnc(NC(=O)c3cccc(CO)c3)nc2)s1.NCc1ccccc1C(=O)Nc1cnc(NC(=O)NS(=O)(=O)c2ccc(Cl)s2)s1.O=C(Nc1ccc(NC(=O)c2cccc(F)c2)cn1)NS(=O)(=O)c1cc2ccccc2s1. The van der Waals surface area contributed by atoms with E-state index >= 15 is 0 Å². The third-order valence-electron chi connectivity index (χ3n) is 11.4. The van der Waals surface area contributed by atoms with Gasteiger partial charge in [0.25, 0.3) is 47.8 Å². The summed E-state index contributed by atoms with van der Waals surface area (Å²) >= 11 is 9.59. The van der Waals surface area contributed by atoms with Crippen LogP contribution in [0.4, 0.5) is 52.0 Å². The van der Waals surface area contributed by atoms with Crippen LogP contribution < -0.4 is 51.8 Å². The zero-order valence-electron chi connectivity index (χ0n) is 46.3. The van der Waals surface area contributed by atoms with Crippen LogP contribution in [0.15, 0.2) is 177 Å². The van der Waals surface area contributed by atoms with Crippen LogP contribution in [0.25, 0.3) is 10.1 Å². The normalized spacial score (nSPS) is 11.0. The molecule has 6 aromatic heterocycles. The number of sulfonamides is 3. The number of carbonyl (C=O) groups is 6. The van der Waals surface area contributed by atoms with Gasteiger partial charge in [-0.05, 0) is 108 Å². The predicted molar refractivity (Wildman–Crippen MR) is 350 cm³/mol. The number of hydrogen-bond acceptors (Lipinski definition) is 22. The van der Waals surface area contributed by atoms with Crippen molar-refractivity contribution in [1.29, 1.82) is 0 Å². The van der Waals surface area contributed by atoms with Gasteiger partial charge in [-0.1, -0.05) is 85.0 Å². The largest absolute Gasteiger partial charge is 0.392 e. The molecule has 0 saturated carbocycles. The quantitative estimate of drug-likeness (QED) is 0.0403. The molecular weight excluding hydrogens is 1360 g/mol. The van der Waals surface area contributed by atoms with Gasteiger partial charge < -0.3 is 26.8 Å². The van der Waals surface area contributed by atoms with Crippen molar-refractivity contribution in [3.05, 3.63) is 207 Å². The third kappa shape index (κ3) is 19.7. The number of nitrogens with zero attached hydrogens (tertiary/aromatic N) is 4. The molecule has 0 aliphatic carbocycles. The van der Waals surface area contributed by atoms with E-state index in [1.54, 1.807) is 79.7 Å². The summed E-state index contributed by atoms with van der Waals surface area (Å²) in [5.41, 5.74) is 8.23. The molecule has 27 nitrogen and oxygen atoms in total. The molecule has 0 radical (unpaired) electrons. The number of anilines is 6. The molecule has 6 heterocycles. The summed E-state index contributed by atoms with van der Waals surface area (Å²) in [6.45, 7) is 1.77. The topological polar surface area (TPSA) is 411 Å². The molecule has 36 heteroatoms. The summed E-state index contributed by atoms with van der Waals surface area (Å²) in [6.07, 6.45) is 5.05. The second-order valence-electron chi connectivity index (χ2n) is 18.1. The number of urea groups is 3. The van der Waals surface area contributed by atoms with Crippen molar-refractivity contribution in [2.75, 3.05) is 31.9 Å². The van der Waals surface area contributed by atoms with Crippen molar-refractivity contribution in [1.82, 2.24) is 34.1 Å². The number of aliphatic hydroxyl groups is 1. The van der Waals surface area contributed by atoms with E-state index < -0.39 is 65.8 Å². The van der Waals surface area contributed by atoms with E-state index in [0.29, 0.717) is 32.9 Å². The van der Waals surface area contributed by atoms with Gasteiger partial charge in [-0.3, -0.25) is 30.3 Å². The molecule has 0 aliphatic rings. The molecule has 0 unspecified atom stereocenters. The highest BCUT2D eigenvalue weighted by atomic mass is 35.5. The zero-order valence-corrected chi connectivity index (χ0v) is 52.8. The van der Waals surface area contributed by atoms with Crippen LogP contribution in [0.3, 0.4) is 0 Å². The smallest absolute Gasteiger partial charge is 0.334 e. The highest BCUT2D eigenvalue weighted by Gasteiger charge is 2.24. The van der Waals surface area contributed by atoms with E-state index in [4.69, 9.17) is 22.4 Å². The molecular formula is C56H50ClFN14O13S7.